The monoisotopic (exact) mass is 612 g/mol. The molecule has 0 spiro atoms. The van der Waals surface area contributed by atoms with Crippen molar-refractivity contribution < 1.29 is 9.59 Å². The summed E-state index contributed by atoms with van der Waals surface area (Å²) < 4.78 is 1.22. The van der Waals surface area contributed by atoms with E-state index in [0.29, 0.717) is 32.9 Å². The van der Waals surface area contributed by atoms with Crippen LogP contribution >= 0.6 is 0 Å². The van der Waals surface area contributed by atoms with Crippen LogP contribution in [0.1, 0.15) is 98.8 Å². The Hall–Kier alpha value is -4.85. The van der Waals surface area contributed by atoms with Crippen LogP contribution in [0.15, 0.2) is 58.1 Å². The van der Waals surface area contributed by atoms with Gasteiger partial charge in [-0.2, -0.15) is 9.50 Å². The molecule has 0 saturated heterocycles. The molecule has 7 aromatic rings. The molecule has 0 saturated carbocycles. The number of imide groups is 1. The molecule has 0 aliphatic carbocycles. The first-order chi connectivity index (χ1) is 22.4. The van der Waals surface area contributed by atoms with Gasteiger partial charge in [0.2, 0.25) is 0 Å². The van der Waals surface area contributed by atoms with Gasteiger partial charge < -0.3 is 0 Å². The number of amides is 2. The molecule has 1 aliphatic rings. The van der Waals surface area contributed by atoms with Gasteiger partial charge >= 0.3 is 5.69 Å². The fraction of sp³-hybridized carbons (Fsp3) is 0.342. The Morgan fingerprint density at radius 2 is 1.07 bits per heavy atom. The third-order valence-corrected chi connectivity index (χ3v) is 10.2. The fourth-order valence-corrected chi connectivity index (χ4v) is 8.08. The van der Waals surface area contributed by atoms with E-state index in [-0.39, 0.29) is 23.4 Å². The third-order valence-electron chi connectivity index (χ3n) is 10.2. The summed E-state index contributed by atoms with van der Waals surface area (Å²) in [5, 5.41) is 10.7. The number of carbonyl (C=O) groups is 2. The molecule has 2 aromatic heterocycles. The van der Waals surface area contributed by atoms with Crippen molar-refractivity contribution in [1.82, 2.24) is 19.5 Å². The van der Waals surface area contributed by atoms with Gasteiger partial charge in [-0.1, -0.05) is 89.5 Å². The Morgan fingerprint density at radius 1 is 0.587 bits per heavy atom. The zero-order valence-electron chi connectivity index (χ0n) is 26.2. The van der Waals surface area contributed by atoms with E-state index in [9.17, 15) is 19.2 Å². The van der Waals surface area contributed by atoms with Gasteiger partial charge in [0.1, 0.15) is 0 Å². The lowest BCUT2D eigenvalue weighted by molar-refractivity contribution is 0.0517. The van der Waals surface area contributed by atoms with E-state index in [1.54, 1.807) is 11.0 Å². The zero-order valence-corrected chi connectivity index (χ0v) is 26.2. The van der Waals surface area contributed by atoms with E-state index in [2.05, 4.69) is 23.9 Å². The summed E-state index contributed by atoms with van der Waals surface area (Å²) in [6.45, 7) is 4.38. The average Bonchev–Trinajstić information content (AvgIpc) is 3.47. The Morgan fingerprint density at radius 3 is 1.63 bits per heavy atom. The van der Waals surface area contributed by atoms with Gasteiger partial charge in [0, 0.05) is 33.3 Å². The van der Waals surface area contributed by atoms with Crippen molar-refractivity contribution in [2.45, 2.75) is 84.1 Å². The van der Waals surface area contributed by atoms with E-state index in [0.717, 1.165) is 102 Å². The molecule has 46 heavy (non-hydrogen) atoms. The lowest BCUT2D eigenvalue weighted by Gasteiger charge is -2.34. The van der Waals surface area contributed by atoms with Crippen molar-refractivity contribution in [1.29, 1.82) is 0 Å². The van der Waals surface area contributed by atoms with Crippen molar-refractivity contribution >= 4 is 71.3 Å². The topological polar surface area (TPSA) is 105 Å². The second-order valence-corrected chi connectivity index (χ2v) is 13.0. The van der Waals surface area contributed by atoms with Crippen LogP contribution in [0, 0.1) is 0 Å². The molecule has 232 valence electrons. The number of nitrogens with zero attached hydrogens (tertiary/aromatic N) is 3. The highest BCUT2D eigenvalue weighted by molar-refractivity contribution is 6.40. The number of carbonyl (C=O) groups excluding carboxylic acids is 2. The average molecular weight is 613 g/mol. The van der Waals surface area contributed by atoms with Crippen LogP contribution in [0.25, 0.3) is 59.5 Å². The quantitative estimate of drug-likeness (QED) is 0.0691. The van der Waals surface area contributed by atoms with Gasteiger partial charge in [-0.05, 0) is 69.4 Å². The molecular weight excluding hydrogens is 576 g/mol. The second kappa shape index (κ2) is 10.9. The van der Waals surface area contributed by atoms with E-state index < -0.39 is 5.69 Å². The summed E-state index contributed by atoms with van der Waals surface area (Å²) in [7, 11) is 0. The lowest BCUT2D eigenvalue weighted by Crippen LogP contribution is -2.47. The minimum atomic E-state index is -0.571. The molecule has 0 atom stereocenters. The second-order valence-electron chi connectivity index (χ2n) is 13.0. The summed E-state index contributed by atoms with van der Waals surface area (Å²) in [4.78, 5) is 59.9. The molecule has 0 fully saturated rings. The van der Waals surface area contributed by atoms with Crippen molar-refractivity contribution in [2.75, 3.05) is 0 Å². The number of aromatic nitrogens is 3. The predicted octanol–water partition coefficient (Wildman–Crippen LogP) is 7.93. The largest absolute Gasteiger partial charge is 0.362 e. The van der Waals surface area contributed by atoms with Gasteiger partial charge in [-0.15, -0.1) is 0 Å². The first-order valence-corrected chi connectivity index (χ1v) is 16.8. The minimum Gasteiger partial charge on any atom is -0.271 e. The Kier molecular flexibility index (Phi) is 6.78. The maximum atomic E-state index is 14.3. The van der Waals surface area contributed by atoms with E-state index in [1.165, 1.54) is 4.52 Å². The molecule has 8 rings (SSSR count). The van der Waals surface area contributed by atoms with Crippen molar-refractivity contribution in [3.63, 3.8) is 0 Å². The molecule has 0 radical (unpaired) electrons. The zero-order chi connectivity index (χ0) is 31.7. The summed E-state index contributed by atoms with van der Waals surface area (Å²) in [6.07, 6.45) is 10.5. The van der Waals surface area contributed by atoms with Crippen LogP contribution in [-0.2, 0) is 0 Å². The van der Waals surface area contributed by atoms with Gasteiger partial charge in [-0.3, -0.25) is 19.3 Å². The molecule has 3 heterocycles. The van der Waals surface area contributed by atoms with Gasteiger partial charge in [0.25, 0.3) is 17.4 Å². The molecule has 1 N–H and O–H groups in total. The molecule has 0 unspecified atom stereocenters. The molecular formula is C38H36N4O4. The number of nitrogens with one attached hydrogen (secondary N) is 1. The van der Waals surface area contributed by atoms with Crippen LogP contribution in [0.5, 0.6) is 0 Å². The number of aromatic amines is 1. The van der Waals surface area contributed by atoms with Gasteiger partial charge in [-0.25, -0.2) is 9.89 Å². The molecule has 2 amide bonds. The van der Waals surface area contributed by atoms with Gasteiger partial charge in [0.15, 0.2) is 5.65 Å². The SMILES string of the molecule is CCCCCCC(CCCCCC)N1C(=O)c2ccc3c4ccc5c(=O)n6[nH]c(=O)nc6c6ccc(c7ccc(c2c37)C1=O)c4c56. The number of fused-ring (bicyclic) bond motifs is 4. The number of benzene rings is 5. The van der Waals surface area contributed by atoms with Crippen LogP contribution in [0.2, 0.25) is 0 Å². The first kappa shape index (κ1) is 28.6. The summed E-state index contributed by atoms with van der Waals surface area (Å²) in [5.41, 5.74) is 0.557. The number of pyridine rings is 1. The number of hydrogen-bond acceptors (Lipinski definition) is 5. The van der Waals surface area contributed by atoms with Crippen molar-refractivity contribution in [3.8, 4) is 0 Å². The van der Waals surface area contributed by atoms with Crippen molar-refractivity contribution in [3.05, 3.63) is 80.5 Å². The highest BCUT2D eigenvalue weighted by atomic mass is 16.2. The summed E-state index contributed by atoms with van der Waals surface area (Å²) in [6, 6.07) is 15.3. The standard InChI is InChI=1S/C38H36N4O4/c1-3-5-7-9-11-21(12-10-8-6-4-2)41-35(43)27-18-14-24-22-13-17-26-32-29(37(45)42-34(26)39-38(46)40-42)20-16-23(30(22)32)25-15-19-28(36(41)44)33(27)31(24)25/h13-21H,3-12H2,1-2H3,(H,40,46). The number of H-pyrrole nitrogens is 1. The fourth-order valence-electron chi connectivity index (χ4n) is 8.08. The molecule has 8 heteroatoms. The Balaban J connectivity index is 1.32. The molecule has 0 bridgehead atoms. The third kappa shape index (κ3) is 4.01. The Bertz CT molecular complexity index is 2370. The van der Waals surface area contributed by atoms with Crippen LogP contribution < -0.4 is 11.2 Å². The Labute approximate surface area is 264 Å². The predicted molar refractivity (Wildman–Crippen MR) is 184 cm³/mol. The van der Waals surface area contributed by atoms with E-state index in [1.807, 2.05) is 42.5 Å². The highest BCUT2D eigenvalue weighted by Crippen LogP contribution is 2.46. The van der Waals surface area contributed by atoms with Gasteiger partial charge in [0.05, 0.1) is 5.39 Å². The molecule has 8 nitrogen and oxygen atoms in total. The maximum Gasteiger partial charge on any atom is 0.362 e. The normalized spacial score (nSPS) is 13.8. The number of hydrogen-bond donors (Lipinski definition) is 1. The summed E-state index contributed by atoms with van der Waals surface area (Å²) in [5.74, 6) is -0.398. The van der Waals surface area contributed by atoms with Crippen LogP contribution in [0.3, 0.4) is 0 Å². The maximum absolute atomic E-state index is 14.3. The summed E-state index contributed by atoms with van der Waals surface area (Å²) >= 11 is 0. The molecule has 5 aromatic carbocycles. The van der Waals surface area contributed by atoms with Crippen LogP contribution in [-0.4, -0.2) is 37.4 Å². The lowest BCUT2D eigenvalue weighted by atomic mass is 9.83. The smallest absolute Gasteiger partial charge is 0.271 e. The minimum absolute atomic E-state index is 0.113. The van der Waals surface area contributed by atoms with Crippen molar-refractivity contribution in [2.24, 2.45) is 0 Å². The first-order valence-electron chi connectivity index (χ1n) is 16.8. The van der Waals surface area contributed by atoms with E-state index >= 15 is 0 Å². The van der Waals surface area contributed by atoms with E-state index in [4.69, 9.17) is 0 Å². The number of unbranched alkanes of at least 4 members (excludes halogenated alkanes) is 6. The number of rotatable bonds is 11. The highest BCUT2D eigenvalue weighted by Gasteiger charge is 2.38. The van der Waals surface area contributed by atoms with Crippen LogP contribution in [0.4, 0.5) is 0 Å². The molecule has 1 aliphatic heterocycles.